The number of benzene rings is 2. The summed E-state index contributed by atoms with van der Waals surface area (Å²) in [5, 5.41) is 4.77. The van der Waals surface area contributed by atoms with Crippen molar-refractivity contribution in [2.24, 2.45) is 0 Å². The van der Waals surface area contributed by atoms with Gasteiger partial charge in [0.15, 0.2) is 11.5 Å². The van der Waals surface area contributed by atoms with Gasteiger partial charge in [-0.3, -0.25) is 4.79 Å². The lowest BCUT2D eigenvalue weighted by molar-refractivity contribution is 0.0746. The molecule has 4 aromatic rings. The van der Waals surface area contributed by atoms with Crippen LogP contribution >= 0.6 is 0 Å². The second-order valence-corrected chi connectivity index (χ2v) is 9.46. The summed E-state index contributed by atoms with van der Waals surface area (Å²) < 4.78 is 12.7. The van der Waals surface area contributed by atoms with Gasteiger partial charge in [0.25, 0.3) is 11.7 Å². The van der Waals surface area contributed by atoms with Gasteiger partial charge in [0.05, 0.1) is 5.69 Å². The Morgan fingerprint density at radius 1 is 0.946 bits per heavy atom. The highest BCUT2D eigenvalue weighted by Gasteiger charge is 2.25. The van der Waals surface area contributed by atoms with Crippen molar-refractivity contribution in [3.63, 3.8) is 0 Å². The fourth-order valence-corrected chi connectivity index (χ4v) is 4.88. The molecule has 2 aliphatic rings. The molecule has 2 aromatic carbocycles. The van der Waals surface area contributed by atoms with Crippen LogP contribution < -0.4 is 14.4 Å². The van der Waals surface area contributed by atoms with E-state index in [2.05, 4.69) is 33.9 Å². The van der Waals surface area contributed by atoms with Crippen LogP contribution in [0.2, 0.25) is 0 Å². The number of piperazine rings is 1. The van der Waals surface area contributed by atoms with Crippen LogP contribution in [0.1, 0.15) is 42.1 Å². The predicted octanol–water partition coefficient (Wildman–Crippen LogP) is 4.22. The van der Waals surface area contributed by atoms with Crippen LogP contribution in [-0.2, 0) is 6.42 Å². The second-order valence-electron chi connectivity index (χ2n) is 9.46. The lowest BCUT2D eigenvalue weighted by Crippen LogP contribution is -2.49. The SMILES string of the molecule is CCCCCc1ccc(C(=O)N2CCN(c3nc4nccc(-c5ccc6c(c5)OCO6)n4n3)CC2)cc1. The van der Waals surface area contributed by atoms with Crippen LogP contribution in [0, 0.1) is 0 Å². The molecular formula is C28H30N6O3. The molecule has 0 atom stereocenters. The Balaban J connectivity index is 1.13. The molecule has 0 bridgehead atoms. The van der Waals surface area contributed by atoms with E-state index >= 15 is 0 Å². The Hall–Kier alpha value is -4.14. The number of anilines is 1. The van der Waals surface area contributed by atoms with E-state index in [4.69, 9.17) is 14.6 Å². The van der Waals surface area contributed by atoms with Gasteiger partial charge in [0, 0.05) is 43.5 Å². The van der Waals surface area contributed by atoms with Crippen LogP contribution in [0.5, 0.6) is 11.5 Å². The van der Waals surface area contributed by atoms with Gasteiger partial charge in [-0.15, -0.1) is 5.10 Å². The molecule has 0 N–H and O–H groups in total. The van der Waals surface area contributed by atoms with Crippen molar-refractivity contribution in [2.75, 3.05) is 37.9 Å². The summed E-state index contributed by atoms with van der Waals surface area (Å²) in [5.41, 5.74) is 3.85. The van der Waals surface area contributed by atoms with E-state index in [1.807, 2.05) is 41.3 Å². The van der Waals surface area contributed by atoms with Crippen LogP contribution in [0.15, 0.2) is 54.7 Å². The summed E-state index contributed by atoms with van der Waals surface area (Å²) in [6, 6.07) is 15.8. The van der Waals surface area contributed by atoms with Crippen LogP contribution in [0.4, 0.5) is 5.95 Å². The van der Waals surface area contributed by atoms with Crippen LogP contribution in [0.3, 0.4) is 0 Å². The van der Waals surface area contributed by atoms with Gasteiger partial charge in [-0.25, -0.2) is 4.98 Å². The fourth-order valence-electron chi connectivity index (χ4n) is 4.88. The number of fused-ring (bicyclic) bond motifs is 2. The molecule has 9 heteroatoms. The Bertz CT molecular complexity index is 1410. The highest BCUT2D eigenvalue weighted by molar-refractivity contribution is 5.94. The number of aromatic nitrogens is 4. The summed E-state index contributed by atoms with van der Waals surface area (Å²) in [7, 11) is 0. The molecule has 37 heavy (non-hydrogen) atoms. The van der Waals surface area contributed by atoms with E-state index in [-0.39, 0.29) is 12.7 Å². The number of ether oxygens (including phenoxy) is 2. The molecule has 2 aromatic heterocycles. The highest BCUT2D eigenvalue weighted by atomic mass is 16.7. The summed E-state index contributed by atoms with van der Waals surface area (Å²) in [6.45, 7) is 5.01. The van der Waals surface area contributed by atoms with E-state index in [1.165, 1.54) is 24.8 Å². The van der Waals surface area contributed by atoms with Crippen molar-refractivity contribution < 1.29 is 14.3 Å². The van der Waals surface area contributed by atoms with Crippen LogP contribution in [-0.4, -0.2) is 63.4 Å². The minimum Gasteiger partial charge on any atom is -0.454 e. The zero-order valence-corrected chi connectivity index (χ0v) is 21.0. The summed E-state index contributed by atoms with van der Waals surface area (Å²) in [4.78, 5) is 26.2. The van der Waals surface area contributed by atoms with Crippen molar-refractivity contribution in [3.05, 3.63) is 65.9 Å². The van der Waals surface area contributed by atoms with Crippen molar-refractivity contribution in [2.45, 2.75) is 32.6 Å². The lowest BCUT2D eigenvalue weighted by Gasteiger charge is -2.34. The van der Waals surface area contributed by atoms with E-state index in [9.17, 15) is 4.79 Å². The van der Waals surface area contributed by atoms with Crippen molar-refractivity contribution in [1.29, 1.82) is 0 Å². The molecule has 2 aliphatic heterocycles. The number of unbranched alkanes of at least 4 members (excludes halogenated alkanes) is 2. The Morgan fingerprint density at radius 3 is 2.57 bits per heavy atom. The average Bonchev–Trinajstić information content (AvgIpc) is 3.60. The zero-order valence-electron chi connectivity index (χ0n) is 21.0. The van der Waals surface area contributed by atoms with Crippen molar-refractivity contribution in [1.82, 2.24) is 24.5 Å². The lowest BCUT2D eigenvalue weighted by atomic mass is 10.0. The van der Waals surface area contributed by atoms with Crippen molar-refractivity contribution in [3.8, 4) is 22.8 Å². The minimum atomic E-state index is 0.0782. The van der Waals surface area contributed by atoms with Gasteiger partial charge in [0.2, 0.25) is 12.7 Å². The molecular weight excluding hydrogens is 468 g/mol. The van der Waals surface area contributed by atoms with Gasteiger partial charge < -0.3 is 19.3 Å². The Labute approximate surface area is 215 Å². The maximum atomic E-state index is 13.1. The third-order valence-electron chi connectivity index (χ3n) is 7.02. The second kappa shape index (κ2) is 10.1. The van der Waals surface area contributed by atoms with Gasteiger partial charge in [-0.05, 0) is 54.8 Å². The van der Waals surface area contributed by atoms with E-state index in [0.717, 1.165) is 34.7 Å². The van der Waals surface area contributed by atoms with Crippen LogP contribution in [0.25, 0.3) is 17.0 Å². The molecule has 6 rings (SSSR count). The van der Waals surface area contributed by atoms with Gasteiger partial charge >= 0.3 is 0 Å². The fraction of sp³-hybridized carbons (Fsp3) is 0.357. The molecule has 0 aliphatic carbocycles. The van der Waals surface area contributed by atoms with Gasteiger partial charge in [-0.1, -0.05) is 31.9 Å². The summed E-state index contributed by atoms with van der Waals surface area (Å²) in [6.07, 6.45) is 6.45. The normalized spacial score (nSPS) is 14.9. The molecule has 0 radical (unpaired) electrons. The standard InChI is InChI=1S/C28H30N6O3/c1-2-3-4-5-20-6-8-21(9-7-20)26(35)32-14-16-33(17-15-32)28-30-27-29-13-12-23(34(27)31-28)22-10-11-24-25(18-22)37-19-36-24/h6-13,18H,2-5,14-17,19H2,1H3. The zero-order chi connectivity index (χ0) is 25.2. The number of rotatable bonds is 7. The predicted molar refractivity (Wildman–Crippen MR) is 140 cm³/mol. The number of aryl methyl sites for hydroxylation is 1. The maximum absolute atomic E-state index is 13.1. The first-order valence-electron chi connectivity index (χ1n) is 12.9. The first kappa shape index (κ1) is 23.3. The summed E-state index contributed by atoms with van der Waals surface area (Å²) in [5.74, 6) is 2.68. The van der Waals surface area contributed by atoms with Gasteiger partial charge in [0.1, 0.15) is 0 Å². The molecule has 1 saturated heterocycles. The molecule has 1 fully saturated rings. The molecule has 190 valence electrons. The van der Waals surface area contributed by atoms with E-state index < -0.39 is 0 Å². The Kier molecular flexibility index (Phi) is 6.34. The third kappa shape index (κ3) is 4.69. The quantitative estimate of drug-likeness (QED) is 0.353. The summed E-state index contributed by atoms with van der Waals surface area (Å²) >= 11 is 0. The maximum Gasteiger partial charge on any atom is 0.254 e. The Morgan fingerprint density at radius 2 is 1.76 bits per heavy atom. The average molecular weight is 499 g/mol. The number of nitrogens with zero attached hydrogens (tertiary/aromatic N) is 6. The highest BCUT2D eigenvalue weighted by Crippen LogP contribution is 2.35. The van der Waals surface area contributed by atoms with E-state index in [0.29, 0.717) is 37.9 Å². The largest absolute Gasteiger partial charge is 0.454 e. The number of amides is 1. The molecule has 4 heterocycles. The minimum absolute atomic E-state index is 0.0782. The number of hydrogen-bond acceptors (Lipinski definition) is 7. The molecule has 0 spiro atoms. The molecule has 9 nitrogen and oxygen atoms in total. The molecule has 1 amide bonds. The number of hydrogen-bond donors (Lipinski definition) is 0. The number of carbonyl (C=O) groups is 1. The smallest absolute Gasteiger partial charge is 0.254 e. The first-order chi connectivity index (χ1) is 18.2. The molecule has 0 unspecified atom stereocenters. The topological polar surface area (TPSA) is 85.1 Å². The monoisotopic (exact) mass is 498 g/mol. The molecule has 0 saturated carbocycles. The van der Waals surface area contributed by atoms with Gasteiger partial charge in [-0.2, -0.15) is 9.50 Å². The number of carbonyl (C=O) groups excluding carboxylic acids is 1. The van der Waals surface area contributed by atoms with E-state index in [1.54, 1.807) is 10.7 Å². The first-order valence-corrected chi connectivity index (χ1v) is 12.9. The third-order valence-corrected chi connectivity index (χ3v) is 7.02. The van der Waals surface area contributed by atoms with Crippen molar-refractivity contribution >= 4 is 17.6 Å².